The van der Waals surface area contributed by atoms with Gasteiger partial charge >= 0.3 is 17.1 Å². The third-order valence-electron chi connectivity index (χ3n) is 6.12. The first-order valence-electron chi connectivity index (χ1n) is 12.0. The number of rotatable bonds is 12. The fourth-order valence-corrected chi connectivity index (χ4v) is 4.65. The molecule has 12 nitrogen and oxygen atoms in total. The minimum absolute atomic E-state index is 0.00145. The SMILES string of the molecule is CC(S)CC(=O)C1=COC1n1c(=O)n(C2OC=C2C(=O)CC(C)S)c(=O)n(C2OC=C2C(=O)CC(C)S)c1=O. The van der Waals surface area contributed by atoms with Crippen molar-refractivity contribution >= 4 is 55.2 Å². The molecule has 4 heterocycles. The number of hydrogen-bond acceptors (Lipinski definition) is 12. The molecule has 4 rings (SSSR count). The average molecular weight is 598 g/mol. The molecule has 210 valence electrons. The molecule has 0 aliphatic carbocycles. The molecule has 3 aliphatic rings. The van der Waals surface area contributed by atoms with Crippen LogP contribution in [-0.2, 0) is 28.6 Å². The summed E-state index contributed by atoms with van der Waals surface area (Å²) in [4.78, 5) is 79.0. The van der Waals surface area contributed by atoms with E-state index in [4.69, 9.17) is 14.2 Å². The van der Waals surface area contributed by atoms with Gasteiger partial charge in [0.15, 0.2) is 17.3 Å². The predicted molar refractivity (Wildman–Crippen MR) is 148 cm³/mol. The fraction of sp³-hybridized carbons (Fsp3) is 0.500. The lowest BCUT2D eigenvalue weighted by Gasteiger charge is -2.34. The molecule has 0 saturated heterocycles. The van der Waals surface area contributed by atoms with Crippen LogP contribution in [0.4, 0.5) is 0 Å². The Bertz CT molecular complexity index is 1290. The third-order valence-corrected chi connectivity index (χ3v) is 6.67. The average Bonchev–Trinajstić information content (AvgIpc) is 2.72. The first-order valence-corrected chi connectivity index (χ1v) is 13.6. The molecule has 0 saturated carbocycles. The maximum atomic E-state index is 13.6. The van der Waals surface area contributed by atoms with Crippen molar-refractivity contribution in [2.45, 2.75) is 74.5 Å². The lowest BCUT2D eigenvalue weighted by molar-refractivity contribution is -0.119. The monoisotopic (exact) mass is 597 g/mol. The summed E-state index contributed by atoms with van der Waals surface area (Å²) < 4.78 is 17.7. The number of ether oxygens (including phenoxy) is 3. The van der Waals surface area contributed by atoms with Crippen LogP contribution in [0.25, 0.3) is 0 Å². The summed E-state index contributed by atoms with van der Waals surface area (Å²) in [6.07, 6.45) is -1.02. The van der Waals surface area contributed by atoms with E-state index >= 15 is 0 Å². The van der Waals surface area contributed by atoms with Crippen LogP contribution < -0.4 is 17.1 Å². The van der Waals surface area contributed by atoms with Crippen molar-refractivity contribution in [2.75, 3.05) is 0 Å². The summed E-state index contributed by atoms with van der Waals surface area (Å²) in [5, 5.41) is -0.932. The molecule has 3 aliphatic heterocycles. The summed E-state index contributed by atoms with van der Waals surface area (Å²) >= 11 is 12.6. The van der Waals surface area contributed by atoms with Gasteiger partial charge in [-0.1, -0.05) is 20.8 Å². The molecule has 0 radical (unpaired) electrons. The van der Waals surface area contributed by atoms with Gasteiger partial charge in [-0.25, -0.2) is 28.1 Å². The van der Waals surface area contributed by atoms with Crippen LogP contribution in [0.15, 0.2) is 49.9 Å². The van der Waals surface area contributed by atoms with Crippen molar-refractivity contribution in [1.29, 1.82) is 0 Å². The van der Waals surface area contributed by atoms with Crippen LogP contribution in [0.1, 0.15) is 58.7 Å². The number of hydrogen-bond donors (Lipinski definition) is 3. The quantitative estimate of drug-likeness (QED) is 0.303. The number of aromatic nitrogens is 3. The fourth-order valence-electron chi connectivity index (χ4n) is 4.15. The Labute approximate surface area is 238 Å². The van der Waals surface area contributed by atoms with E-state index in [-0.39, 0.29) is 51.7 Å². The number of thiol groups is 3. The number of Topliss-reactive ketones (excluding diaryl/α,β-unsaturated/α-hetero) is 3. The largest absolute Gasteiger partial charge is 0.472 e. The van der Waals surface area contributed by atoms with Gasteiger partial charge in [0.2, 0.25) is 18.7 Å². The lowest BCUT2D eigenvalue weighted by atomic mass is 10.0. The summed E-state index contributed by atoms with van der Waals surface area (Å²) in [7, 11) is 0. The Balaban J connectivity index is 1.84. The van der Waals surface area contributed by atoms with Gasteiger partial charge in [0.05, 0.1) is 35.5 Å². The zero-order valence-corrected chi connectivity index (χ0v) is 23.9. The van der Waals surface area contributed by atoms with Crippen LogP contribution >= 0.6 is 37.9 Å². The van der Waals surface area contributed by atoms with Gasteiger partial charge in [0, 0.05) is 35.0 Å². The van der Waals surface area contributed by atoms with Crippen molar-refractivity contribution < 1.29 is 28.6 Å². The maximum Gasteiger partial charge on any atom is 0.342 e. The smallest absolute Gasteiger partial charge is 0.342 e. The molecule has 0 aromatic carbocycles. The van der Waals surface area contributed by atoms with Crippen LogP contribution in [0.3, 0.4) is 0 Å². The molecule has 39 heavy (non-hydrogen) atoms. The Morgan fingerprint density at radius 1 is 0.615 bits per heavy atom. The van der Waals surface area contributed by atoms with Crippen LogP contribution in [0.2, 0.25) is 0 Å². The van der Waals surface area contributed by atoms with E-state index in [1.54, 1.807) is 20.8 Å². The molecule has 0 bridgehead atoms. The molecule has 1 aromatic rings. The van der Waals surface area contributed by atoms with Gasteiger partial charge in [-0.3, -0.25) is 14.4 Å². The normalized spacial score (nSPS) is 23.5. The van der Waals surface area contributed by atoms with Gasteiger partial charge in [-0.05, 0) is 0 Å². The zero-order valence-electron chi connectivity index (χ0n) is 21.2. The Hall–Kier alpha value is -2.91. The van der Waals surface area contributed by atoms with Gasteiger partial charge < -0.3 is 14.2 Å². The van der Waals surface area contributed by atoms with Gasteiger partial charge in [-0.15, -0.1) is 0 Å². The third kappa shape index (κ3) is 5.43. The van der Waals surface area contributed by atoms with E-state index in [9.17, 15) is 28.8 Å². The minimum Gasteiger partial charge on any atom is -0.472 e. The van der Waals surface area contributed by atoms with E-state index in [1.807, 2.05) is 0 Å². The number of nitrogens with zero attached hydrogens (tertiary/aromatic N) is 3. The van der Waals surface area contributed by atoms with Gasteiger partial charge in [0.25, 0.3) is 0 Å². The maximum absolute atomic E-state index is 13.6. The van der Waals surface area contributed by atoms with Gasteiger partial charge in [-0.2, -0.15) is 37.9 Å². The highest BCUT2D eigenvalue weighted by Gasteiger charge is 2.42. The topological polar surface area (TPSA) is 145 Å². The first-order chi connectivity index (χ1) is 18.3. The number of carbonyl (C=O) groups is 3. The number of ketones is 3. The van der Waals surface area contributed by atoms with Crippen molar-refractivity contribution in [1.82, 2.24) is 13.7 Å². The zero-order chi connectivity index (χ0) is 28.8. The molecule has 6 atom stereocenters. The molecule has 6 unspecified atom stereocenters. The lowest BCUT2D eigenvalue weighted by Crippen LogP contribution is -2.60. The standard InChI is InChI=1S/C24H27N3O9S3/c1-10(37)4-16(28)13-7-34-19(13)25-22(31)26(20-14(8-35-20)17(29)5-11(2)38)24(33)27(23(25)32)21-15(9-36-21)18(30)6-12(3)39/h7-12,19-21,37-39H,4-6H2,1-3H3. The van der Waals surface area contributed by atoms with Crippen molar-refractivity contribution in [3.63, 3.8) is 0 Å². The molecule has 1 aromatic heterocycles. The van der Waals surface area contributed by atoms with Gasteiger partial charge in [0.1, 0.15) is 0 Å². The molecular formula is C24H27N3O9S3. The van der Waals surface area contributed by atoms with Crippen molar-refractivity contribution in [3.8, 4) is 0 Å². The Kier molecular flexibility index (Phi) is 8.42. The summed E-state index contributed by atoms with van der Waals surface area (Å²) in [6.45, 7) is 5.10. The summed E-state index contributed by atoms with van der Waals surface area (Å²) in [5.41, 5.74) is -3.48. The second-order valence-corrected chi connectivity index (χ2v) is 12.2. The van der Waals surface area contributed by atoms with E-state index in [0.29, 0.717) is 13.7 Å². The van der Waals surface area contributed by atoms with E-state index < -0.39 is 53.1 Å². The molecule has 0 N–H and O–H groups in total. The molecule has 15 heteroatoms. The van der Waals surface area contributed by atoms with Crippen LogP contribution in [-0.4, -0.2) is 46.8 Å². The van der Waals surface area contributed by atoms with Crippen LogP contribution in [0, 0.1) is 0 Å². The summed E-state index contributed by atoms with van der Waals surface area (Å²) in [6, 6.07) is 0. The molecule has 0 spiro atoms. The Morgan fingerprint density at radius 3 is 1.00 bits per heavy atom. The van der Waals surface area contributed by atoms with Crippen LogP contribution in [0.5, 0.6) is 0 Å². The second kappa shape index (κ2) is 11.3. The second-order valence-electron chi connectivity index (χ2n) is 9.57. The molecular weight excluding hydrogens is 570 g/mol. The molecule has 0 fully saturated rings. The van der Waals surface area contributed by atoms with Crippen molar-refractivity contribution in [3.05, 3.63) is 67.0 Å². The predicted octanol–water partition coefficient (Wildman–Crippen LogP) is 1.24. The Morgan fingerprint density at radius 2 is 0.846 bits per heavy atom. The minimum atomic E-state index is -1.45. The highest BCUT2D eigenvalue weighted by Crippen LogP contribution is 2.33. The summed E-state index contributed by atoms with van der Waals surface area (Å²) in [5.74, 6) is -1.25. The molecule has 0 amide bonds. The number of carbonyl (C=O) groups excluding carboxylic acids is 3. The van der Waals surface area contributed by atoms with E-state index in [0.717, 1.165) is 18.8 Å². The van der Waals surface area contributed by atoms with E-state index in [1.165, 1.54) is 0 Å². The van der Waals surface area contributed by atoms with Crippen molar-refractivity contribution in [2.24, 2.45) is 0 Å². The first kappa shape index (κ1) is 29.1. The highest BCUT2D eigenvalue weighted by atomic mass is 32.1. The van der Waals surface area contributed by atoms with E-state index in [2.05, 4.69) is 37.9 Å². The highest BCUT2D eigenvalue weighted by molar-refractivity contribution is 7.81.